The lowest BCUT2D eigenvalue weighted by atomic mass is 9.97. The molecule has 0 spiro atoms. The van der Waals surface area contributed by atoms with Gasteiger partial charge >= 0.3 is 6.09 Å². The molecule has 0 aromatic heterocycles. The van der Waals surface area contributed by atoms with Gasteiger partial charge in [0, 0.05) is 12.6 Å². The number of ether oxygens (including phenoxy) is 1. The van der Waals surface area contributed by atoms with Crippen molar-refractivity contribution in [2.45, 2.75) is 31.3 Å². The van der Waals surface area contributed by atoms with Crippen LogP contribution in [0.3, 0.4) is 0 Å². The fourth-order valence-corrected chi connectivity index (χ4v) is 1.97. The summed E-state index contributed by atoms with van der Waals surface area (Å²) in [6.07, 6.45) is -5.92. The van der Waals surface area contributed by atoms with E-state index < -0.39 is 84.8 Å². The molecule has 0 aliphatic carbocycles. The summed E-state index contributed by atoms with van der Waals surface area (Å²) < 4.78 is 43.2. The van der Waals surface area contributed by atoms with Gasteiger partial charge in [0.05, 0.1) is 13.5 Å². The second-order valence-electron chi connectivity index (χ2n) is 4.93. The molecule has 2 rings (SSSR count). The minimum absolute atomic E-state index is 0.543. The van der Waals surface area contributed by atoms with Crippen LogP contribution in [0.1, 0.15) is 13.8 Å². The number of benzene rings is 1. The van der Waals surface area contributed by atoms with E-state index >= 15 is 0 Å². The smallest absolute Gasteiger partial charge is 0.437 e. The predicted octanol–water partition coefficient (Wildman–Crippen LogP) is -0.834. The highest BCUT2D eigenvalue weighted by molar-refractivity contribution is 5.89. The second-order valence-corrected chi connectivity index (χ2v) is 4.93. The van der Waals surface area contributed by atoms with Crippen LogP contribution in [0.5, 0.6) is 0 Å². The Morgan fingerprint density at radius 3 is 2.60 bits per heavy atom. The number of rotatable bonds is 4. The van der Waals surface area contributed by atoms with Gasteiger partial charge < -0.3 is 25.4 Å². The number of carbonyl (C=O) groups is 2. The summed E-state index contributed by atoms with van der Waals surface area (Å²) >= 11 is 0. The van der Waals surface area contributed by atoms with E-state index in [-0.39, 0.29) is 0 Å². The van der Waals surface area contributed by atoms with E-state index in [0.29, 0.717) is 0 Å². The van der Waals surface area contributed by atoms with E-state index in [1.54, 1.807) is 0 Å². The van der Waals surface area contributed by atoms with Crippen molar-refractivity contribution >= 4 is 23.6 Å². The molecule has 1 fully saturated rings. The number of aliphatic hydroxyl groups is 3. The van der Waals surface area contributed by atoms with Crippen LogP contribution >= 0.6 is 0 Å². The van der Waals surface area contributed by atoms with Crippen LogP contribution < -0.4 is 10.6 Å². The van der Waals surface area contributed by atoms with Gasteiger partial charge in [-0.05, 0) is 17.2 Å². The topological polar surface area (TPSA) is 150 Å². The number of aliphatic hydroxyl groups excluding tert-OH is 3. The Labute approximate surface area is 150 Å². The fraction of sp³-hybridized carbons (Fsp3) is 0.400. The summed E-state index contributed by atoms with van der Waals surface area (Å²) in [7, 11) is 0. The highest BCUT2D eigenvalue weighted by Gasteiger charge is 2.44. The molecule has 0 saturated carbocycles. The molecule has 5 N–H and O–H groups in total. The van der Waals surface area contributed by atoms with E-state index in [0.717, 1.165) is 6.92 Å². The maximum absolute atomic E-state index is 12.0. The minimum Gasteiger partial charge on any atom is -0.468 e. The minimum atomic E-state index is -1.65. The molecule has 10 heteroatoms. The molecule has 0 bridgehead atoms. The Morgan fingerprint density at radius 1 is 1.32 bits per heavy atom. The summed E-state index contributed by atoms with van der Waals surface area (Å²) in [5.41, 5.74) is -0.558. The van der Waals surface area contributed by atoms with Gasteiger partial charge in [0.1, 0.15) is 18.2 Å². The highest BCUT2D eigenvalue weighted by atomic mass is 16.7. The number of nitrogens with zero attached hydrogens (tertiary/aromatic N) is 1. The molecule has 25 heavy (non-hydrogen) atoms. The second kappa shape index (κ2) is 8.42. The Balaban J connectivity index is 2.24. The van der Waals surface area contributed by atoms with Gasteiger partial charge in [-0.3, -0.25) is 14.9 Å². The number of oxime groups is 1. The van der Waals surface area contributed by atoms with Gasteiger partial charge in [0.2, 0.25) is 5.91 Å². The first-order valence-corrected chi connectivity index (χ1v) is 7.03. The molecular weight excluding hydrogens is 334 g/mol. The molecule has 1 heterocycles. The van der Waals surface area contributed by atoms with Crippen LogP contribution in [0.15, 0.2) is 35.4 Å². The third-order valence-electron chi connectivity index (χ3n) is 3.09. The van der Waals surface area contributed by atoms with Crippen LogP contribution in [0.4, 0.5) is 10.5 Å². The summed E-state index contributed by atoms with van der Waals surface area (Å²) in [5.74, 6) is -1.17. The number of nitrogens with one attached hydrogen (secondary N) is 2. The van der Waals surface area contributed by atoms with Gasteiger partial charge in [-0.2, -0.15) is 0 Å². The standard InChI is InChI=1S/C15H19N3O7/c1-8(20)16-11-13(22)12(21)10(7-19)24-14(11)18-25-15(23)17-9-5-3-2-4-6-9/h2-6,10-13,19,21-22H,7H2,1H3,(H,16,20)(H,17,23)/i2D,3D,4D,5D,6D. The lowest BCUT2D eigenvalue weighted by Gasteiger charge is -2.37. The number of para-hydroxylation sites is 1. The van der Waals surface area contributed by atoms with Crippen molar-refractivity contribution in [3.05, 3.63) is 30.2 Å². The van der Waals surface area contributed by atoms with Crippen molar-refractivity contribution in [3.63, 3.8) is 0 Å². The molecule has 1 aliphatic heterocycles. The third kappa shape index (κ3) is 4.89. The molecule has 1 aromatic carbocycles. The van der Waals surface area contributed by atoms with Crippen LogP contribution in [0.2, 0.25) is 0 Å². The van der Waals surface area contributed by atoms with Crippen molar-refractivity contribution < 1.29 is 41.3 Å². The highest BCUT2D eigenvalue weighted by Crippen LogP contribution is 2.18. The lowest BCUT2D eigenvalue weighted by molar-refractivity contribution is -0.126. The van der Waals surface area contributed by atoms with Crippen LogP contribution in [-0.2, 0) is 14.4 Å². The zero-order valence-electron chi connectivity index (χ0n) is 17.9. The molecule has 4 atom stereocenters. The number of amides is 2. The molecule has 136 valence electrons. The Kier molecular flexibility index (Phi) is 4.26. The van der Waals surface area contributed by atoms with Gasteiger partial charge in [-0.15, -0.1) is 0 Å². The normalized spacial score (nSPS) is 30.1. The molecule has 2 amide bonds. The third-order valence-corrected chi connectivity index (χ3v) is 3.09. The first-order valence-electron chi connectivity index (χ1n) is 9.53. The maximum atomic E-state index is 12.0. The first-order chi connectivity index (χ1) is 14.0. The van der Waals surface area contributed by atoms with Crippen LogP contribution in [0, 0.1) is 0 Å². The number of anilines is 1. The van der Waals surface area contributed by atoms with Crippen molar-refractivity contribution in [1.29, 1.82) is 0 Å². The number of carbonyl (C=O) groups excluding carboxylic acids is 2. The summed E-state index contributed by atoms with van der Waals surface area (Å²) in [6, 6.07) is -4.79. The van der Waals surface area contributed by atoms with Gasteiger partial charge in [0.15, 0.2) is 6.10 Å². The Hall–Kier alpha value is -2.69. The molecule has 4 unspecified atom stereocenters. The Bertz CT molecular complexity index is 856. The summed E-state index contributed by atoms with van der Waals surface area (Å²) in [5, 5.41) is 36.8. The quantitative estimate of drug-likeness (QED) is 0.348. The van der Waals surface area contributed by atoms with Crippen LogP contribution in [0.25, 0.3) is 0 Å². The van der Waals surface area contributed by atoms with E-state index in [2.05, 4.69) is 15.3 Å². The average Bonchev–Trinajstić information content (AvgIpc) is 2.70. The zero-order chi connectivity index (χ0) is 22.7. The van der Waals surface area contributed by atoms with Gasteiger partial charge in [-0.1, -0.05) is 18.1 Å². The van der Waals surface area contributed by atoms with Crippen molar-refractivity contribution in [2.75, 3.05) is 11.9 Å². The zero-order valence-corrected chi connectivity index (χ0v) is 12.9. The molecule has 1 saturated heterocycles. The lowest BCUT2D eigenvalue weighted by Crippen LogP contribution is -2.62. The summed E-state index contributed by atoms with van der Waals surface area (Å²) in [4.78, 5) is 27.9. The molecule has 0 radical (unpaired) electrons. The first kappa shape index (κ1) is 12.6. The molecule has 1 aromatic rings. The predicted molar refractivity (Wildman–Crippen MR) is 85.6 cm³/mol. The van der Waals surface area contributed by atoms with Gasteiger partial charge in [-0.25, -0.2) is 4.79 Å². The molecule has 1 aliphatic rings. The monoisotopic (exact) mass is 358 g/mol. The van der Waals surface area contributed by atoms with Crippen molar-refractivity contribution in [1.82, 2.24) is 5.32 Å². The van der Waals surface area contributed by atoms with Crippen molar-refractivity contribution in [3.8, 4) is 0 Å². The summed E-state index contributed by atoms with van der Waals surface area (Å²) in [6.45, 7) is 0.388. The van der Waals surface area contributed by atoms with E-state index in [9.17, 15) is 24.9 Å². The van der Waals surface area contributed by atoms with E-state index in [4.69, 9.17) is 11.6 Å². The van der Waals surface area contributed by atoms with E-state index in [1.165, 1.54) is 0 Å². The molecule has 10 nitrogen and oxygen atoms in total. The SMILES string of the molecule is [2H]c1c([2H])c([2H])c(NC(=O)ON=C2OC(CO)C(O)C(O)C2NC(C)=O)c([2H])c1[2H]. The fourth-order valence-electron chi connectivity index (χ4n) is 1.97. The maximum Gasteiger partial charge on any atom is 0.437 e. The van der Waals surface area contributed by atoms with Crippen molar-refractivity contribution in [2.24, 2.45) is 5.16 Å². The average molecular weight is 358 g/mol. The number of hydrogen-bond donors (Lipinski definition) is 5. The van der Waals surface area contributed by atoms with E-state index in [1.807, 2.05) is 5.32 Å². The number of hydrogen-bond acceptors (Lipinski definition) is 8. The molecular formula is C15H19N3O7. The Morgan fingerprint density at radius 2 is 2.00 bits per heavy atom. The van der Waals surface area contributed by atoms with Gasteiger partial charge in [0.25, 0.3) is 5.90 Å². The van der Waals surface area contributed by atoms with Crippen LogP contribution in [-0.4, -0.2) is 64.2 Å². The largest absolute Gasteiger partial charge is 0.468 e.